The summed E-state index contributed by atoms with van der Waals surface area (Å²) in [4.78, 5) is 12.2. The van der Waals surface area contributed by atoms with Crippen LogP contribution in [0, 0.1) is 0 Å². The molecule has 2 rings (SSSR count). The molecule has 3 N–H and O–H groups in total. The first-order valence-corrected chi connectivity index (χ1v) is 7.51. The lowest BCUT2D eigenvalue weighted by molar-refractivity contribution is -0.116. The van der Waals surface area contributed by atoms with E-state index in [1.165, 1.54) is 7.11 Å². The monoisotopic (exact) mass is 330 g/mol. The number of anilines is 2. The number of nitrogen functional groups attached to an aromatic ring is 1. The first kappa shape index (κ1) is 17.5. The fourth-order valence-corrected chi connectivity index (χ4v) is 2.32. The molecule has 0 saturated carbocycles. The predicted molar refractivity (Wildman–Crippen MR) is 93.9 cm³/mol. The van der Waals surface area contributed by atoms with Crippen LogP contribution >= 0.6 is 0 Å². The van der Waals surface area contributed by atoms with Crippen LogP contribution in [-0.4, -0.2) is 27.2 Å². The van der Waals surface area contributed by atoms with Gasteiger partial charge in [0.25, 0.3) is 0 Å². The zero-order valence-corrected chi connectivity index (χ0v) is 14.1. The number of hydrogen-bond acceptors (Lipinski definition) is 5. The standard InChI is InChI=1S/C18H22N2O4/c1-22-15-8-4-12(10-17(15)24-3)5-9-18(21)20-14-7-6-13(19)11-16(14)23-2/h4,6-8,10-11H,5,9,19H2,1-3H3,(H,20,21). The molecular formula is C18H22N2O4. The average molecular weight is 330 g/mol. The lowest BCUT2D eigenvalue weighted by atomic mass is 10.1. The minimum atomic E-state index is -0.104. The highest BCUT2D eigenvalue weighted by Gasteiger charge is 2.10. The molecule has 0 atom stereocenters. The molecule has 0 unspecified atom stereocenters. The zero-order valence-electron chi connectivity index (χ0n) is 14.1. The van der Waals surface area contributed by atoms with Crippen LogP contribution in [0.2, 0.25) is 0 Å². The van der Waals surface area contributed by atoms with E-state index in [1.807, 2.05) is 18.2 Å². The van der Waals surface area contributed by atoms with Gasteiger partial charge in [-0.3, -0.25) is 4.79 Å². The van der Waals surface area contributed by atoms with Crippen molar-refractivity contribution >= 4 is 17.3 Å². The molecule has 128 valence electrons. The molecule has 0 bridgehead atoms. The van der Waals surface area contributed by atoms with Crippen LogP contribution in [0.3, 0.4) is 0 Å². The number of benzene rings is 2. The van der Waals surface area contributed by atoms with Crippen LogP contribution in [0.15, 0.2) is 36.4 Å². The van der Waals surface area contributed by atoms with E-state index in [0.29, 0.717) is 41.5 Å². The maximum Gasteiger partial charge on any atom is 0.224 e. The minimum absolute atomic E-state index is 0.104. The van der Waals surface area contributed by atoms with Crippen molar-refractivity contribution in [2.24, 2.45) is 0 Å². The molecule has 0 aliphatic rings. The van der Waals surface area contributed by atoms with Crippen molar-refractivity contribution in [3.05, 3.63) is 42.0 Å². The summed E-state index contributed by atoms with van der Waals surface area (Å²) in [6, 6.07) is 10.7. The van der Waals surface area contributed by atoms with Gasteiger partial charge < -0.3 is 25.3 Å². The summed E-state index contributed by atoms with van der Waals surface area (Å²) in [5, 5.41) is 2.83. The van der Waals surface area contributed by atoms with E-state index >= 15 is 0 Å². The molecule has 0 saturated heterocycles. The fourth-order valence-electron chi connectivity index (χ4n) is 2.32. The van der Waals surface area contributed by atoms with Gasteiger partial charge in [0.2, 0.25) is 5.91 Å². The highest BCUT2D eigenvalue weighted by atomic mass is 16.5. The van der Waals surface area contributed by atoms with Crippen molar-refractivity contribution in [1.29, 1.82) is 0 Å². The predicted octanol–water partition coefficient (Wildman–Crippen LogP) is 2.87. The third-order valence-electron chi connectivity index (χ3n) is 3.59. The van der Waals surface area contributed by atoms with E-state index in [4.69, 9.17) is 19.9 Å². The number of carbonyl (C=O) groups is 1. The second kappa shape index (κ2) is 8.10. The van der Waals surface area contributed by atoms with Gasteiger partial charge in [0.15, 0.2) is 11.5 Å². The van der Waals surface area contributed by atoms with Gasteiger partial charge in [0.05, 0.1) is 27.0 Å². The maximum atomic E-state index is 12.2. The second-order valence-corrected chi connectivity index (χ2v) is 5.20. The number of amides is 1. The highest BCUT2D eigenvalue weighted by molar-refractivity contribution is 5.92. The largest absolute Gasteiger partial charge is 0.494 e. The summed E-state index contributed by atoms with van der Waals surface area (Å²) in [7, 11) is 4.71. The van der Waals surface area contributed by atoms with E-state index in [-0.39, 0.29) is 5.91 Å². The van der Waals surface area contributed by atoms with Crippen molar-refractivity contribution in [3.63, 3.8) is 0 Å². The number of ether oxygens (including phenoxy) is 3. The molecule has 0 heterocycles. The van der Waals surface area contributed by atoms with Gasteiger partial charge in [-0.05, 0) is 36.2 Å². The minimum Gasteiger partial charge on any atom is -0.494 e. The van der Waals surface area contributed by atoms with Gasteiger partial charge >= 0.3 is 0 Å². The molecule has 0 aromatic heterocycles. The number of carbonyl (C=O) groups excluding carboxylic acids is 1. The van der Waals surface area contributed by atoms with E-state index in [9.17, 15) is 4.79 Å². The summed E-state index contributed by atoms with van der Waals surface area (Å²) < 4.78 is 15.7. The van der Waals surface area contributed by atoms with Crippen molar-refractivity contribution in [2.75, 3.05) is 32.4 Å². The Morgan fingerprint density at radius 1 is 0.958 bits per heavy atom. The SMILES string of the molecule is COc1cc(N)ccc1NC(=O)CCc1ccc(OC)c(OC)c1. The second-order valence-electron chi connectivity index (χ2n) is 5.20. The summed E-state index contributed by atoms with van der Waals surface area (Å²) in [6.07, 6.45) is 0.923. The summed E-state index contributed by atoms with van der Waals surface area (Å²) in [6.45, 7) is 0. The van der Waals surface area contributed by atoms with Gasteiger partial charge in [0.1, 0.15) is 5.75 Å². The molecule has 6 nitrogen and oxygen atoms in total. The Bertz CT molecular complexity index is 716. The molecule has 0 fully saturated rings. The van der Waals surface area contributed by atoms with Gasteiger partial charge in [0, 0.05) is 18.2 Å². The summed E-state index contributed by atoms with van der Waals surface area (Å²) in [5.41, 5.74) is 7.88. The van der Waals surface area contributed by atoms with Gasteiger partial charge in [-0.25, -0.2) is 0 Å². The number of nitrogens with one attached hydrogen (secondary N) is 1. The molecule has 0 aliphatic carbocycles. The van der Waals surface area contributed by atoms with Crippen molar-refractivity contribution in [1.82, 2.24) is 0 Å². The molecular weight excluding hydrogens is 308 g/mol. The van der Waals surface area contributed by atoms with Crippen LogP contribution < -0.4 is 25.3 Å². The van der Waals surface area contributed by atoms with E-state index in [2.05, 4.69) is 5.32 Å². The van der Waals surface area contributed by atoms with Crippen molar-refractivity contribution < 1.29 is 19.0 Å². The molecule has 2 aromatic rings. The molecule has 0 radical (unpaired) electrons. The Kier molecular flexibility index (Phi) is 5.89. The Hall–Kier alpha value is -2.89. The van der Waals surface area contributed by atoms with E-state index < -0.39 is 0 Å². The average Bonchev–Trinajstić information content (AvgIpc) is 2.61. The van der Waals surface area contributed by atoms with E-state index in [1.54, 1.807) is 32.4 Å². The molecule has 1 amide bonds. The van der Waals surface area contributed by atoms with Crippen LogP contribution in [0.5, 0.6) is 17.2 Å². The lowest BCUT2D eigenvalue weighted by Crippen LogP contribution is -2.13. The zero-order chi connectivity index (χ0) is 17.5. The van der Waals surface area contributed by atoms with Crippen LogP contribution in [-0.2, 0) is 11.2 Å². The number of hydrogen-bond donors (Lipinski definition) is 2. The first-order chi connectivity index (χ1) is 11.6. The highest BCUT2D eigenvalue weighted by Crippen LogP contribution is 2.29. The molecule has 0 spiro atoms. The van der Waals surface area contributed by atoms with Gasteiger partial charge in [-0.15, -0.1) is 0 Å². The number of aryl methyl sites for hydroxylation is 1. The third kappa shape index (κ3) is 4.32. The molecule has 2 aromatic carbocycles. The fraction of sp³-hybridized carbons (Fsp3) is 0.278. The first-order valence-electron chi connectivity index (χ1n) is 7.51. The smallest absolute Gasteiger partial charge is 0.224 e. The quantitative estimate of drug-likeness (QED) is 0.763. The van der Waals surface area contributed by atoms with Crippen LogP contribution in [0.4, 0.5) is 11.4 Å². The normalized spacial score (nSPS) is 10.1. The Morgan fingerprint density at radius 3 is 2.33 bits per heavy atom. The number of nitrogens with two attached hydrogens (primary N) is 1. The topological polar surface area (TPSA) is 82.8 Å². The van der Waals surface area contributed by atoms with Gasteiger partial charge in [-0.1, -0.05) is 6.07 Å². The van der Waals surface area contributed by atoms with E-state index in [0.717, 1.165) is 5.56 Å². The third-order valence-corrected chi connectivity index (χ3v) is 3.59. The van der Waals surface area contributed by atoms with Crippen LogP contribution in [0.1, 0.15) is 12.0 Å². The van der Waals surface area contributed by atoms with Gasteiger partial charge in [-0.2, -0.15) is 0 Å². The Labute approximate surface area is 141 Å². The van der Waals surface area contributed by atoms with Crippen molar-refractivity contribution in [3.8, 4) is 17.2 Å². The molecule has 6 heteroatoms. The summed E-state index contributed by atoms with van der Waals surface area (Å²) in [5.74, 6) is 1.75. The maximum absolute atomic E-state index is 12.2. The summed E-state index contributed by atoms with van der Waals surface area (Å²) >= 11 is 0. The lowest BCUT2D eigenvalue weighted by Gasteiger charge is -2.12. The molecule has 0 aliphatic heterocycles. The number of methoxy groups -OCH3 is 3. The Balaban J connectivity index is 1.99. The van der Waals surface area contributed by atoms with Crippen molar-refractivity contribution in [2.45, 2.75) is 12.8 Å². The van der Waals surface area contributed by atoms with Crippen LogP contribution in [0.25, 0.3) is 0 Å². The number of rotatable bonds is 7. The molecule has 24 heavy (non-hydrogen) atoms. The Morgan fingerprint density at radius 2 is 1.67 bits per heavy atom.